The Kier molecular flexibility index (Phi) is 4.87. The molecule has 0 bridgehead atoms. The van der Waals surface area contributed by atoms with E-state index in [1.54, 1.807) is 0 Å². The van der Waals surface area contributed by atoms with E-state index < -0.39 is 32.6 Å². The predicted octanol–water partition coefficient (Wildman–Crippen LogP) is 2.60. The van der Waals surface area contributed by atoms with Crippen LogP contribution in [0.2, 0.25) is 0 Å². The number of hydroxylamine groups is 2. The van der Waals surface area contributed by atoms with E-state index in [0.29, 0.717) is 12.8 Å². The summed E-state index contributed by atoms with van der Waals surface area (Å²) in [4.78, 5) is 36.8. The maximum Gasteiger partial charge on any atom is 0.327 e. The van der Waals surface area contributed by atoms with Gasteiger partial charge in [0, 0.05) is 0 Å². The minimum Gasteiger partial charge on any atom is -0.480 e. The van der Waals surface area contributed by atoms with Crippen LogP contribution in [-0.2, 0) is 19.2 Å². The molecule has 1 aliphatic heterocycles. The minimum absolute atomic E-state index is 0.0171. The molecule has 1 N–H and O–H groups in total. The fraction of sp³-hybridized carbons (Fsp3) is 0.526. The normalized spacial score (nSPS) is 25.7. The summed E-state index contributed by atoms with van der Waals surface area (Å²) in [7, 11) is -4.80. The van der Waals surface area contributed by atoms with Crippen LogP contribution in [0.25, 0.3) is 0 Å². The number of imide groups is 1. The van der Waals surface area contributed by atoms with Gasteiger partial charge >= 0.3 is 16.1 Å². The Morgan fingerprint density at radius 1 is 1.11 bits per heavy atom. The van der Waals surface area contributed by atoms with Crippen LogP contribution in [0.5, 0.6) is 0 Å². The highest BCUT2D eigenvalue weighted by atomic mass is 32.2. The molecule has 152 valence electrons. The smallest absolute Gasteiger partial charge is 0.327 e. The monoisotopic (exact) mass is 409 g/mol. The van der Waals surface area contributed by atoms with Gasteiger partial charge < -0.3 is 5.11 Å². The van der Waals surface area contributed by atoms with Gasteiger partial charge in [-0.1, -0.05) is 32.9 Å². The molecule has 1 aromatic carbocycles. The molecule has 1 aliphatic carbocycles. The van der Waals surface area contributed by atoms with Gasteiger partial charge in [0.2, 0.25) is 0 Å². The van der Waals surface area contributed by atoms with Crippen LogP contribution in [-0.4, -0.2) is 41.1 Å². The molecule has 8 nitrogen and oxygen atoms in total. The van der Waals surface area contributed by atoms with Crippen molar-refractivity contribution in [3.8, 4) is 0 Å². The molecule has 1 saturated carbocycles. The fourth-order valence-electron chi connectivity index (χ4n) is 3.93. The molecule has 1 heterocycles. The molecule has 0 spiro atoms. The second kappa shape index (κ2) is 6.66. The zero-order chi connectivity index (χ0) is 20.9. The van der Waals surface area contributed by atoms with E-state index in [4.69, 9.17) is 4.28 Å². The summed E-state index contributed by atoms with van der Waals surface area (Å²) >= 11 is 0. The molecule has 3 rings (SSSR count). The maximum absolute atomic E-state index is 13.0. The highest BCUT2D eigenvalue weighted by molar-refractivity contribution is 7.89. The molecule has 0 unspecified atom stereocenters. The SMILES string of the molecule is CC(C)(C)C1CCC(C(=O)O)(S(=O)(=O)ON2C(=O)c3ccccc3C2=O)CC1. The third-order valence-corrected chi connectivity index (χ3v) is 7.70. The lowest BCUT2D eigenvalue weighted by Gasteiger charge is -2.40. The van der Waals surface area contributed by atoms with E-state index in [1.165, 1.54) is 24.3 Å². The molecule has 28 heavy (non-hydrogen) atoms. The van der Waals surface area contributed by atoms with Crippen LogP contribution >= 0.6 is 0 Å². The van der Waals surface area contributed by atoms with Crippen molar-refractivity contribution in [2.45, 2.75) is 51.2 Å². The number of nitrogens with zero attached hydrogens (tertiary/aromatic N) is 1. The number of aliphatic carboxylic acids is 1. The van der Waals surface area contributed by atoms with Crippen molar-refractivity contribution in [1.29, 1.82) is 0 Å². The van der Waals surface area contributed by atoms with Crippen LogP contribution in [0, 0.1) is 11.3 Å². The molecule has 0 radical (unpaired) electrons. The van der Waals surface area contributed by atoms with Gasteiger partial charge in [-0.2, -0.15) is 8.42 Å². The lowest BCUT2D eigenvalue weighted by Crippen LogP contribution is -2.53. The van der Waals surface area contributed by atoms with Crippen LogP contribution in [0.1, 0.15) is 67.2 Å². The molecule has 1 aromatic rings. The molecule has 2 amide bonds. The second-order valence-corrected chi connectivity index (χ2v) is 10.3. The van der Waals surface area contributed by atoms with E-state index in [9.17, 15) is 27.9 Å². The molecule has 9 heteroatoms. The van der Waals surface area contributed by atoms with E-state index in [2.05, 4.69) is 0 Å². The number of carbonyl (C=O) groups excluding carboxylic acids is 2. The number of carboxylic acid groups (broad SMARTS) is 1. The third kappa shape index (κ3) is 3.12. The lowest BCUT2D eigenvalue weighted by molar-refractivity contribution is -0.142. The predicted molar refractivity (Wildman–Crippen MR) is 98.7 cm³/mol. The number of amides is 2. The van der Waals surface area contributed by atoms with Gasteiger partial charge in [-0.25, -0.2) is 0 Å². The van der Waals surface area contributed by atoms with Gasteiger partial charge in [0.1, 0.15) is 0 Å². The Morgan fingerprint density at radius 2 is 1.57 bits per heavy atom. The van der Waals surface area contributed by atoms with Gasteiger partial charge in [0.15, 0.2) is 4.75 Å². The summed E-state index contributed by atoms with van der Waals surface area (Å²) in [5, 5.41) is 9.90. The number of hydrogen-bond donors (Lipinski definition) is 1. The second-order valence-electron chi connectivity index (χ2n) is 8.42. The van der Waals surface area contributed by atoms with Crippen LogP contribution in [0.3, 0.4) is 0 Å². The molecule has 0 aromatic heterocycles. The van der Waals surface area contributed by atoms with Crippen molar-refractivity contribution >= 4 is 27.9 Å². The number of carbonyl (C=O) groups is 3. The van der Waals surface area contributed by atoms with Crippen molar-refractivity contribution in [2.75, 3.05) is 0 Å². The van der Waals surface area contributed by atoms with Gasteiger partial charge in [0.05, 0.1) is 11.1 Å². The molecular weight excluding hydrogens is 386 g/mol. The van der Waals surface area contributed by atoms with E-state index in [1.807, 2.05) is 20.8 Å². The Morgan fingerprint density at radius 3 is 1.96 bits per heavy atom. The van der Waals surface area contributed by atoms with Crippen molar-refractivity contribution in [3.05, 3.63) is 35.4 Å². The Bertz CT molecular complexity index is 902. The summed E-state index contributed by atoms with van der Waals surface area (Å²) < 4.78 is 28.6. The first-order valence-electron chi connectivity index (χ1n) is 9.06. The summed E-state index contributed by atoms with van der Waals surface area (Å²) in [6, 6.07) is 5.84. The first-order valence-corrected chi connectivity index (χ1v) is 10.5. The summed E-state index contributed by atoms with van der Waals surface area (Å²) in [5.41, 5.74) is -0.0512. The number of benzene rings is 1. The van der Waals surface area contributed by atoms with Crippen LogP contribution < -0.4 is 0 Å². The molecule has 0 saturated heterocycles. The minimum atomic E-state index is -4.80. The van der Waals surface area contributed by atoms with E-state index in [-0.39, 0.29) is 40.4 Å². The molecule has 2 aliphatic rings. The van der Waals surface area contributed by atoms with Crippen molar-refractivity contribution in [2.24, 2.45) is 11.3 Å². The standard InChI is InChI=1S/C19H23NO7S/c1-18(2,3)12-8-10-19(11-9-12,17(23)24)28(25,26)27-20-15(21)13-6-4-5-7-14(13)16(20)22/h4-7,12H,8-11H2,1-3H3,(H,23,24). The number of rotatable bonds is 4. The highest BCUT2D eigenvalue weighted by Gasteiger charge is 2.57. The van der Waals surface area contributed by atoms with E-state index in [0.717, 1.165) is 0 Å². The van der Waals surface area contributed by atoms with Gasteiger partial charge in [-0.15, -0.1) is 9.35 Å². The fourth-order valence-corrected chi connectivity index (χ4v) is 5.35. The Labute approximate surface area is 163 Å². The number of fused-ring (bicyclic) bond motifs is 1. The summed E-state index contributed by atoms with van der Waals surface area (Å²) in [6.45, 7) is 6.07. The summed E-state index contributed by atoms with van der Waals surface area (Å²) in [5.74, 6) is -3.22. The average Bonchev–Trinajstić information content (AvgIpc) is 2.86. The maximum atomic E-state index is 13.0. The van der Waals surface area contributed by atoms with Crippen molar-refractivity contribution < 1.29 is 32.2 Å². The highest BCUT2D eigenvalue weighted by Crippen LogP contribution is 2.45. The van der Waals surface area contributed by atoms with Gasteiger partial charge in [0.25, 0.3) is 11.8 Å². The van der Waals surface area contributed by atoms with Crippen molar-refractivity contribution in [1.82, 2.24) is 5.06 Å². The quantitative estimate of drug-likeness (QED) is 0.759. The molecule has 0 atom stereocenters. The first-order chi connectivity index (χ1) is 12.9. The largest absolute Gasteiger partial charge is 0.480 e. The zero-order valence-electron chi connectivity index (χ0n) is 16.0. The topological polar surface area (TPSA) is 118 Å². The van der Waals surface area contributed by atoms with Crippen LogP contribution in [0.15, 0.2) is 24.3 Å². The number of hydrogen-bond acceptors (Lipinski definition) is 6. The van der Waals surface area contributed by atoms with Crippen molar-refractivity contribution in [3.63, 3.8) is 0 Å². The van der Waals surface area contributed by atoms with E-state index >= 15 is 0 Å². The average molecular weight is 409 g/mol. The third-order valence-electron chi connectivity index (χ3n) is 5.82. The lowest BCUT2D eigenvalue weighted by atomic mass is 9.69. The van der Waals surface area contributed by atoms with Gasteiger partial charge in [-0.3, -0.25) is 14.4 Å². The summed E-state index contributed by atoms with van der Waals surface area (Å²) in [6.07, 6.45) is 0.493. The first kappa shape index (κ1) is 20.5. The molecule has 1 fully saturated rings. The molecular formula is C19H23NO7S. The van der Waals surface area contributed by atoms with Gasteiger partial charge in [-0.05, 0) is 49.1 Å². The van der Waals surface area contributed by atoms with Crippen LogP contribution in [0.4, 0.5) is 0 Å². The Hall–Kier alpha value is -2.26. The number of carboxylic acids is 1. The zero-order valence-corrected chi connectivity index (χ0v) is 16.8. The Balaban J connectivity index is 1.88.